The van der Waals surface area contributed by atoms with E-state index in [1.807, 2.05) is 12.1 Å². The first kappa shape index (κ1) is 17.1. The monoisotopic (exact) mass is 363 g/mol. The number of hydrogen-bond donors (Lipinski definition) is 2. The van der Waals surface area contributed by atoms with Crippen LogP contribution in [0.15, 0.2) is 36.5 Å². The van der Waals surface area contributed by atoms with Gasteiger partial charge in [-0.3, -0.25) is 4.79 Å². The first-order chi connectivity index (χ1) is 11.6. The molecule has 1 aromatic heterocycles. The van der Waals surface area contributed by atoms with Crippen LogP contribution in [0.5, 0.6) is 0 Å². The largest absolute Gasteiger partial charge is 0.340 e. The van der Waals surface area contributed by atoms with E-state index in [1.54, 1.807) is 24.4 Å². The Hall–Kier alpha value is -1.78. The zero-order valence-corrected chi connectivity index (χ0v) is 14.7. The third-order valence-corrected chi connectivity index (χ3v) is 4.58. The third kappa shape index (κ3) is 4.62. The van der Waals surface area contributed by atoms with Gasteiger partial charge in [0, 0.05) is 21.7 Å². The molecule has 126 valence electrons. The fourth-order valence-electron chi connectivity index (χ4n) is 2.92. The van der Waals surface area contributed by atoms with Crippen LogP contribution < -0.4 is 10.6 Å². The summed E-state index contributed by atoms with van der Waals surface area (Å²) in [5.41, 5.74) is 1.47. The summed E-state index contributed by atoms with van der Waals surface area (Å²) >= 11 is 12.0. The molecule has 0 aliphatic heterocycles. The number of pyridine rings is 1. The predicted octanol–water partition coefficient (Wildman–Crippen LogP) is 5.65. The van der Waals surface area contributed by atoms with Crippen LogP contribution in [0.2, 0.25) is 10.0 Å². The zero-order valence-electron chi connectivity index (χ0n) is 13.2. The van der Waals surface area contributed by atoms with Crippen molar-refractivity contribution in [3.05, 3.63) is 46.6 Å². The summed E-state index contributed by atoms with van der Waals surface area (Å²) in [6.45, 7) is 0. The topological polar surface area (TPSA) is 54.0 Å². The second kappa shape index (κ2) is 7.86. The Morgan fingerprint density at radius 3 is 2.33 bits per heavy atom. The van der Waals surface area contributed by atoms with Crippen LogP contribution >= 0.6 is 23.2 Å². The molecule has 0 radical (unpaired) electrons. The average molecular weight is 364 g/mol. The molecule has 0 atom stereocenters. The van der Waals surface area contributed by atoms with Gasteiger partial charge in [0.1, 0.15) is 5.82 Å². The van der Waals surface area contributed by atoms with E-state index in [-0.39, 0.29) is 11.8 Å². The molecule has 2 aromatic rings. The number of nitrogens with zero attached hydrogens (tertiary/aromatic N) is 1. The van der Waals surface area contributed by atoms with Crippen LogP contribution in [0.4, 0.5) is 17.2 Å². The Morgan fingerprint density at radius 2 is 1.71 bits per heavy atom. The molecular formula is C18H19Cl2N3O. The fraction of sp³-hybridized carbons (Fsp3) is 0.333. The van der Waals surface area contributed by atoms with Gasteiger partial charge in [-0.15, -0.1) is 0 Å². The highest BCUT2D eigenvalue weighted by Crippen LogP contribution is 2.26. The number of anilines is 3. The van der Waals surface area contributed by atoms with Crippen molar-refractivity contribution in [2.24, 2.45) is 5.92 Å². The quantitative estimate of drug-likeness (QED) is 0.737. The number of benzene rings is 1. The summed E-state index contributed by atoms with van der Waals surface area (Å²) < 4.78 is 0. The molecule has 6 heteroatoms. The summed E-state index contributed by atoms with van der Waals surface area (Å²) in [6.07, 6.45) is 7.13. The van der Waals surface area contributed by atoms with Crippen molar-refractivity contribution in [1.29, 1.82) is 0 Å². The zero-order chi connectivity index (χ0) is 16.9. The number of halogens is 2. The molecule has 1 aliphatic carbocycles. The highest BCUT2D eigenvalue weighted by atomic mass is 35.5. The van der Waals surface area contributed by atoms with Gasteiger partial charge in [0.25, 0.3) is 0 Å². The Balaban J connectivity index is 1.61. The maximum atomic E-state index is 12.2. The van der Waals surface area contributed by atoms with Gasteiger partial charge in [-0.2, -0.15) is 0 Å². The molecule has 0 spiro atoms. The molecular weight excluding hydrogens is 345 g/mol. The van der Waals surface area contributed by atoms with Gasteiger partial charge in [-0.05, 0) is 43.2 Å². The number of nitrogens with one attached hydrogen (secondary N) is 2. The first-order valence-corrected chi connectivity index (χ1v) is 8.86. The average Bonchev–Trinajstić information content (AvgIpc) is 2.56. The summed E-state index contributed by atoms with van der Waals surface area (Å²) in [6, 6.07) is 8.86. The van der Waals surface area contributed by atoms with Crippen molar-refractivity contribution in [2.75, 3.05) is 10.6 Å². The van der Waals surface area contributed by atoms with Crippen LogP contribution in [-0.4, -0.2) is 10.9 Å². The second-order valence-corrected chi connectivity index (χ2v) is 6.91. The van der Waals surface area contributed by atoms with E-state index < -0.39 is 0 Å². The van der Waals surface area contributed by atoms with Crippen LogP contribution in [-0.2, 0) is 4.79 Å². The lowest BCUT2D eigenvalue weighted by molar-refractivity contribution is -0.120. The van der Waals surface area contributed by atoms with Crippen LogP contribution in [0.25, 0.3) is 0 Å². The lowest BCUT2D eigenvalue weighted by Gasteiger charge is -2.20. The van der Waals surface area contributed by atoms with Crippen molar-refractivity contribution in [2.45, 2.75) is 32.1 Å². The molecule has 1 amide bonds. The van der Waals surface area contributed by atoms with Gasteiger partial charge >= 0.3 is 0 Å². The molecule has 3 rings (SSSR count). The molecule has 1 saturated carbocycles. The third-order valence-electron chi connectivity index (χ3n) is 4.14. The molecule has 0 saturated heterocycles. The molecule has 0 bridgehead atoms. The van der Waals surface area contributed by atoms with E-state index in [0.717, 1.165) is 31.4 Å². The minimum absolute atomic E-state index is 0.0961. The van der Waals surface area contributed by atoms with Crippen molar-refractivity contribution in [1.82, 2.24) is 4.98 Å². The highest BCUT2D eigenvalue weighted by molar-refractivity contribution is 6.35. The van der Waals surface area contributed by atoms with Crippen molar-refractivity contribution < 1.29 is 4.79 Å². The SMILES string of the molecule is O=C(Nc1ccc(Nc2cc(Cl)cc(Cl)c2)nc1)C1CCCCC1. The van der Waals surface area contributed by atoms with E-state index in [1.165, 1.54) is 6.42 Å². The van der Waals surface area contributed by atoms with Crippen LogP contribution in [0, 0.1) is 5.92 Å². The lowest BCUT2D eigenvalue weighted by Crippen LogP contribution is -2.24. The summed E-state index contributed by atoms with van der Waals surface area (Å²) in [4.78, 5) is 16.6. The van der Waals surface area contributed by atoms with Gasteiger partial charge in [0.15, 0.2) is 0 Å². The van der Waals surface area contributed by atoms with Crippen LogP contribution in [0.3, 0.4) is 0 Å². The molecule has 24 heavy (non-hydrogen) atoms. The second-order valence-electron chi connectivity index (χ2n) is 6.04. The molecule has 1 aliphatic rings. The Morgan fingerprint density at radius 1 is 1.00 bits per heavy atom. The fourth-order valence-corrected chi connectivity index (χ4v) is 3.45. The molecule has 4 nitrogen and oxygen atoms in total. The minimum atomic E-state index is 0.0961. The number of amides is 1. The predicted molar refractivity (Wildman–Crippen MR) is 99.2 cm³/mol. The van der Waals surface area contributed by atoms with Gasteiger partial charge in [-0.25, -0.2) is 4.98 Å². The first-order valence-electron chi connectivity index (χ1n) is 8.10. The molecule has 1 heterocycles. The van der Waals surface area contributed by atoms with E-state index in [2.05, 4.69) is 15.6 Å². The Labute approximate surface area is 151 Å². The molecule has 1 aromatic carbocycles. The summed E-state index contributed by atoms with van der Waals surface area (Å²) in [7, 11) is 0. The van der Waals surface area contributed by atoms with Crippen molar-refractivity contribution in [3.8, 4) is 0 Å². The molecule has 2 N–H and O–H groups in total. The van der Waals surface area contributed by atoms with Gasteiger partial charge in [0.05, 0.1) is 11.9 Å². The van der Waals surface area contributed by atoms with E-state index in [9.17, 15) is 4.79 Å². The van der Waals surface area contributed by atoms with Crippen LogP contribution in [0.1, 0.15) is 32.1 Å². The standard InChI is InChI=1S/C18H19Cl2N3O/c19-13-8-14(20)10-16(9-13)22-17-7-6-15(11-21-17)23-18(24)12-4-2-1-3-5-12/h6-12H,1-5H2,(H,21,22)(H,23,24). The molecule has 1 fully saturated rings. The number of rotatable bonds is 4. The maximum absolute atomic E-state index is 12.2. The maximum Gasteiger partial charge on any atom is 0.227 e. The number of carbonyl (C=O) groups excluding carboxylic acids is 1. The van der Waals surface area contributed by atoms with Gasteiger partial charge in [0.2, 0.25) is 5.91 Å². The highest BCUT2D eigenvalue weighted by Gasteiger charge is 2.21. The van der Waals surface area contributed by atoms with Gasteiger partial charge < -0.3 is 10.6 Å². The summed E-state index contributed by atoms with van der Waals surface area (Å²) in [5, 5.41) is 7.20. The van der Waals surface area contributed by atoms with E-state index >= 15 is 0 Å². The number of hydrogen-bond acceptors (Lipinski definition) is 3. The lowest BCUT2D eigenvalue weighted by atomic mass is 9.88. The van der Waals surface area contributed by atoms with E-state index in [0.29, 0.717) is 21.6 Å². The smallest absolute Gasteiger partial charge is 0.227 e. The number of carbonyl (C=O) groups is 1. The van der Waals surface area contributed by atoms with E-state index in [4.69, 9.17) is 23.2 Å². The minimum Gasteiger partial charge on any atom is -0.340 e. The summed E-state index contributed by atoms with van der Waals surface area (Å²) in [5.74, 6) is 0.882. The Bertz CT molecular complexity index is 692. The number of aromatic nitrogens is 1. The van der Waals surface area contributed by atoms with Crippen molar-refractivity contribution >= 4 is 46.3 Å². The Kier molecular flexibility index (Phi) is 5.59. The van der Waals surface area contributed by atoms with Gasteiger partial charge in [-0.1, -0.05) is 42.5 Å². The molecule has 0 unspecified atom stereocenters. The van der Waals surface area contributed by atoms with Crippen molar-refractivity contribution in [3.63, 3.8) is 0 Å². The normalized spacial score (nSPS) is 15.1.